The van der Waals surface area contributed by atoms with E-state index in [1.54, 1.807) is 13.1 Å². The van der Waals surface area contributed by atoms with E-state index in [1.807, 2.05) is 61.5 Å². The highest BCUT2D eigenvalue weighted by molar-refractivity contribution is 5.80. The molecule has 0 radical (unpaired) electrons. The Morgan fingerprint density at radius 3 is 2.68 bits per heavy atom. The molecule has 1 heterocycles. The largest absolute Gasteiger partial charge is 0.481 e. The molecule has 5 heteroatoms. The standard InChI is InChI=1S/C17H21N3O2/c1-13(22-15-7-5-4-6-8-15)17(21)19-12-14-9-10-18-16(11-14)20(2)3/h4-11,13H,12H2,1-3H3,(H,19,21). The van der Waals surface area contributed by atoms with Gasteiger partial charge in [0.1, 0.15) is 11.6 Å². The summed E-state index contributed by atoms with van der Waals surface area (Å²) in [5.41, 5.74) is 0.999. The van der Waals surface area contributed by atoms with Crippen molar-refractivity contribution in [2.45, 2.75) is 19.6 Å². The molecular formula is C17H21N3O2. The molecule has 1 atom stereocenters. The lowest BCUT2D eigenvalue weighted by Crippen LogP contribution is -2.35. The molecule has 1 aromatic carbocycles. The van der Waals surface area contributed by atoms with Crippen molar-refractivity contribution in [3.63, 3.8) is 0 Å². The fourth-order valence-electron chi connectivity index (χ4n) is 1.90. The van der Waals surface area contributed by atoms with Crippen molar-refractivity contribution in [3.05, 3.63) is 54.2 Å². The van der Waals surface area contributed by atoms with Gasteiger partial charge in [-0.1, -0.05) is 18.2 Å². The third-order valence-electron chi connectivity index (χ3n) is 3.16. The molecule has 1 amide bonds. The fourth-order valence-corrected chi connectivity index (χ4v) is 1.90. The predicted octanol–water partition coefficient (Wildman–Crippen LogP) is 2.23. The number of hydrogen-bond acceptors (Lipinski definition) is 4. The highest BCUT2D eigenvalue weighted by atomic mass is 16.5. The van der Waals surface area contributed by atoms with Crippen LogP contribution in [0.5, 0.6) is 5.75 Å². The number of carbonyl (C=O) groups is 1. The Morgan fingerprint density at radius 1 is 1.27 bits per heavy atom. The zero-order chi connectivity index (χ0) is 15.9. The number of benzene rings is 1. The average Bonchev–Trinajstić information content (AvgIpc) is 2.53. The molecule has 0 spiro atoms. The molecule has 2 rings (SSSR count). The van der Waals surface area contributed by atoms with Gasteiger partial charge in [0.15, 0.2) is 6.10 Å². The molecule has 1 aromatic heterocycles. The van der Waals surface area contributed by atoms with E-state index in [0.717, 1.165) is 11.4 Å². The highest BCUT2D eigenvalue weighted by Crippen LogP contribution is 2.12. The Labute approximate surface area is 130 Å². The van der Waals surface area contributed by atoms with Crippen molar-refractivity contribution >= 4 is 11.7 Å². The van der Waals surface area contributed by atoms with Crippen LogP contribution in [0, 0.1) is 0 Å². The maximum absolute atomic E-state index is 12.1. The Kier molecular flexibility index (Phi) is 5.36. The van der Waals surface area contributed by atoms with E-state index in [1.165, 1.54) is 0 Å². The number of pyridine rings is 1. The lowest BCUT2D eigenvalue weighted by Gasteiger charge is -2.15. The molecule has 0 aliphatic rings. The van der Waals surface area contributed by atoms with Crippen molar-refractivity contribution in [2.24, 2.45) is 0 Å². The van der Waals surface area contributed by atoms with Crippen molar-refractivity contribution in [1.29, 1.82) is 0 Å². The lowest BCUT2D eigenvalue weighted by atomic mass is 10.2. The lowest BCUT2D eigenvalue weighted by molar-refractivity contribution is -0.127. The monoisotopic (exact) mass is 299 g/mol. The van der Waals surface area contributed by atoms with Crippen molar-refractivity contribution in [2.75, 3.05) is 19.0 Å². The SMILES string of the molecule is CC(Oc1ccccc1)C(=O)NCc1ccnc(N(C)C)c1. The number of nitrogens with zero attached hydrogens (tertiary/aromatic N) is 2. The summed E-state index contributed by atoms with van der Waals surface area (Å²) >= 11 is 0. The van der Waals surface area contributed by atoms with Gasteiger partial charge in [0.05, 0.1) is 0 Å². The first-order chi connectivity index (χ1) is 10.6. The summed E-state index contributed by atoms with van der Waals surface area (Å²) in [4.78, 5) is 18.2. The van der Waals surface area contributed by atoms with E-state index >= 15 is 0 Å². The number of anilines is 1. The normalized spacial score (nSPS) is 11.6. The molecule has 0 saturated carbocycles. The number of carbonyl (C=O) groups excluding carboxylic acids is 1. The zero-order valence-electron chi connectivity index (χ0n) is 13.1. The van der Waals surface area contributed by atoms with Gasteiger partial charge in [-0.15, -0.1) is 0 Å². The first-order valence-corrected chi connectivity index (χ1v) is 7.18. The minimum absolute atomic E-state index is 0.146. The average molecular weight is 299 g/mol. The predicted molar refractivity (Wildman–Crippen MR) is 86.9 cm³/mol. The second-order valence-electron chi connectivity index (χ2n) is 5.21. The van der Waals surface area contributed by atoms with Crippen LogP contribution in [0.2, 0.25) is 0 Å². The highest BCUT2D eigenvalue weighted by Gasteiger charge is 2.14. The van der Waals surface area contributed by atoms with Crippen molar-refractivity contribution in [1.82, 2.24) is 10.3 Å². The van der Waals surface area contributed by atoms with E-state index < -0.39 is 6.10 Å². The Bertz CT molecular complexity index is 614. The Hall–Kier alpha value is -2.56. The third-order valence-corrected chi connectivity index (χ3v) is 3.16. The van der Waals surface area contributed by atoms with Crippen LogP contribution in [0.3, 0.4) is 0 Å². The summed E-state index contributed by atoms with van der Waals surface area (Å²) in [6, 6.07) is 13.1. The minimum Gasteiger partial charge on any atom is -0.481 e. The minimum atomic E-state index is -0.544. The molecular weight excluding hydrogens is 278 g/mol. The molecule has 0 aliphatic heterocycles. The maximum Gasteiger partial charge on any atom is 0.261 e. The van der Waals surface area contributed by atoms with Crippen LogP contribution in [0.25, 0.3) is 0 Å². The number of nitrogens with one attached hydrogen (secondary N) is 1. The van der Waals surface area contributed by atoms with E-state index in [4.69, 9.17) is 4.74 Å². The van der Waals surface area contributed by atoms with Crippen LogP contribution in [-0.2, 0) is 11.3 Å². The van der Waals surface area contributed by atoms with Crippen LogP contribution in [0.15, 0.2) is 48.7 Å². The molecule has 5 nitrogen and oxygen atoms in total. The number of aromatic nitrogens is 1. The number of amides is 1. The molecule has 1 N–H and O–H groups in total. The molecule has 116 valence electrons. The summed E-state index contributed by atoms with van der Waals surface area (Å²) < 4.78 is 5.59. The van der Waals surface area contributed by atoms with Crippen LogP contribution < -0.4 is 15.0 Å². The van der Waals surface area contributed by atoms with E-state index in [0.29, 0.717) is 12.3 Å². The summed E-state index contributed by atoms with van der Waals surface area (Å²) in [5.74, 6) is 1.40. The summed E-state index contributed by atoms with van der Waals surface area (Å²) in [7, 11) is 3.86. The first kappa shape index (κ1) is 15.8. The molecule has 0 bridgehead atoms. The van der Waals surface area contributed by atoms with Gasteiger partial charge in [0.25, 0.3) is 5.91 Å². The summed E-state index contributed by atoms with van der Waals surface area (Å²) in [5, 5.41) is 2.87. The van der Waals surface area contributed by atoms with Crippen molar-refractivity contribution < 1.29 is 9.53 Å². The third kappa shape index (κ3) is 4.48. The molecule has 1 unspecified atom stereocenters. The number of ether oxygens (including phenoxy) is 1. The van der Waals surface area contributed by atoms with Gasteiger partial charge in [-0.3, -0.25) is 4.79 Å². The van der Waals surface area contributed by atoms with Crippen LogP contribution in [0.1, 0.15) is 12.5 Å². The van der Waals surface area contributed by atoms with Gasteiger partial charge in [0, 0.05) is 26.8 Å². The summed E-state index contributed by atoms with van der Waals surface area (Å²) in [6.07, 6.45) is 1.19. The summed E-state index contributed by atoms with van der Waals surface area (Å²) in [6.45, 7) is 2.19. The topological polar surface area (TPSA) is 54.5 Å². The van der Waals surface area contributed by atoms with Crippen LogP contribution in [0.4, 0.5) is 5.82 Å². The first-order valence-electron chi connectivity index (χ1n) is 7.18. The van der Waals surface area contributed by atoms with E-state index in [9.17, 15) is 4.79 Å². The fraction of sp³-hybridized carbons (Fsp3) is 0.294. The van der Waals surface area contributed by atoms with Crippen molar-refractivity contribution in [3.8, 4) is 5.75 Å². The molecule has 0 fully saturated rings. The Morgan fingerprint density at radius 2 is 2.00 bits per heavy atom. The smallest absolute Gasteiger partial charge is 0.261 e. The maximum atomic E-state index is 12.1. The zero-order valence-corrected chi connectivity index (χ0v) is 13.1. The second-order valence-corrected chi connectivity index (χ2v) is 5.21. The number of hydrogen-bond donors (Lipinski definition) is 1. The van der Waals surface area contributed by atoms with Gasteiger partial charge in [0.2, 0.25) is 0 Å². The molecule has 22 heavy (non-hydrogen) atoms. The molecule has 2 aromatic rings. The molecule has 0 aliphatic carbocycles. The Balaban J connectivity index is 1.88. The van der Waals surface area contributed by atoms with Gasteiger partial charge < -0.3 is 15.0 Å². The number of rotatable bonds is 6. The van der Waals surface area contributed by atoms with E-state index in [-0.39, 0.29) is 5.91 Å². The van der Waals surface area contributed by atoms with Crippen LogP contribution in [-0.4, -0.2) is 31.1 Å². The van der Waals surface area contributed by atoms with Gasteiger partial charge >= 0.3 is 0 Å². The van der Waals surface area contributed by atoms with Crippen LogP contribution >= 0.6 is 0 Å². The second kappa shape index (κ2) is 7.45. The quantitative estimate of drug-likeness (QED) is 0.888. The van der Waals surface area contributed by atoms with Gasteiger partial charge in [-0.25, -0.2) is 4.98 Å². The number of para-hydroxylation sites is 1. The van der Waals surface area contributed by atoms with E-state index in [2.05, 4.69) is 10.3 Å². The van der Waals surface area contributed by atoms with Gasteiger partial charge in [-0.2, -0.15) is 0 Å². The van der Waals surface area contributed by atoms with Gasteiger partial charge in [-0.05, 0) is 36.8 Å². The molecule has 0 saturated heterocycles.